The van der Waals surface area contributed by atoms with E-state index in [1.807, 2.05) is 42.1 Å². The molecule has 144 valence electrons. The summed E-state index contributed by atoms with van der Waals surface area (Å²) in [6.45, 7) is 4.06. The average molecular weight is 420 g/mol. The third kappa shape index (κ3) is 3.45. The lowest BCUT2D eigenvalue weighted by Gasteiger charge is -2.13. The molecule has 0 saturated heterocycles. The molecule has 2 N–H and O–H groups in total. The summed E-state index contributed by atoms with van der Waals surface area (Å²) in [5.74, 6) is 0.692. The van der Waals surface area contributed by atoms with Crippen LogP contribution in [-0.2, 0) is 12.8 Å². The molecule has 0 bridgehead atoms. The summed E-state index contributed by atoms with van der Waals surface area (Å²) in [6.07, 6.45) is 10.6. The summed E-state index contributed by atoms with van der Waals surface area (Å²) >= 11 is 7.71. The predicted octanol–water partition coefficient (Wildman–Crippen LogP) is 5.41. The van der Waals surface area contributed by atoms with Crippen LogP contribution in [0.1, 0.15) is 23.5 Å². The Morgan fingerprint density at radius 1 is 1.17 bits per heavy atom. The van der Waals surface area contributed by atoms with E-state index in [0.29, 0.717) is 5.82 Å². The molecule has 4 aromatic rings. The van der Waals surface area contributed by atoms with Crippen LogP contribution >= 0.6 is 22.9 Å². The van der Waals surface area contributed by atoms with Gasteiger partial charge in [-0.05, 0) is 55.2 Å². The van der Waals surface area contributed by atoms with Gasteiger partial charge in [-0.3, -0.25) is 0 Å². The van der Waals surface area contributed by atoms with E-state index in [9.17, 15) is 0 Å². The third-order valence-electron chi connectivity index (χ3n) is 5.04. The maximum Gasteiger partial charge on any atom is 0.163 e. The van der Waals surface area contributed by atoms with Crippen molar-refractivity contribution in [2.75, 3.05) is 0 Å². The number of aromatic amines is 1. The number of rotatable bonds is 5. The van der Waals surface area contributed by atoms with Crippen LogP contribution in [0.4, 0.5) is 0 Å². The smallest absolute Gasteiger partial charge is 0.163 e. The number of H-pyrrole nitrogens is 1. The molecule has 1 aliphatic rings. The van der Waals surface area contributed by atoms with E-state index in [0.717, 1.165) is 57.1 Å². The van der Waals surface area contributed by atoms with Gasteiger partial charge >= 0.3 is 0 Å². The number of aromatic nitrogens is 4. The van der Waals surface area contributed by atoms with Crippen molar-refractivity contribution in [3.63, 3.8) is 0 Å². The maximum atomic E-state index is 6.17. The van der Waals surface area contributed by atoms with Crippen LogP contribution in [-0.4, -0.2) is 19.9 Å². The number of nitrogens with zero attached hydrogens (tertiary/aromatic N) is 3. The van der Waals surface area contributed by atoms with E-state index in [1.165, 1.54) is 22.3 Å². The molecule has 5 nitrogen and oxygen atoms in total. The maximum absolute atomic E-state index is 6.17. The van der Waals surface area contributed by atoms with Crippen LogP contribution < -0.4 is 5.32 Å². The number of hydrogen-bond donors (Lipinski definition) is 2. The van der Waals surface area contributed by atoms with E-state index < -0.39 is 0 Å². The molecule has 0 atom stereocenters. The van der Waals surface area contributed by atoms with Crippen LogP contribution in [0.5, 0.6) is 0 Å². The first-order chi connectivity index (χ1) is 14.2. The van der Waals surface area contributed by atoms with E-state index >= 15 is 0 Å². The summed E-state index contributed by atoms with van der Waals surface area (Å²) in [7, 11) is 0. The first-order valence-corrected chi connectivity index (χ1v) is 10.6. The highest BCUT2D eigenvalue weighted by Crippen LogP contribution is 2.27. The normalized spacial score (nSPS) is 13.8. The second-order valence-corrected chi connectivity index (χ2v) is 8.19. The highest BCUT2D eigenvalue weighted by atomic mass is 35.5. The van der Waals surface area contributed by atoms with Crippen molar-refractivity contribution in [2.24, 2.45) is 0 Å². The Labute approximate surface area is 176 Å². The van der Waals surface area contributed by atoms with Crippen molar-refractivity contribution >= 4 is 49.8 Å². The lowest BCUT2D eigenvalue weighted by atomic mass is 10.1. The van der Waals surface area contributed by atoms with Gasteiger partial charge in [0.25, 0.3) is 0 Å². The van der Waals surface area contributed by atoms with Crippen LogP contribution in [0.3, 0.4) is 0 Å². The van der Waals surface area contributed by atoms with E-state index in [2.05, 4.69) is 28.1 Å². The summed E-state index contributed by atoms with van der Waals surface area (Å²) in [4.78, 5) is 18.3. The van der Waals surface area contributed by atoms with Gasteiger partial charge in [0.2, 0.25) is 0 Å². The minimum atomic E-state index is 0.692. The Bertz CT molecular complexity index is 1300. The lowest BCUT2D eigenvalue weighted by Crippen LogP contribution is -2.11. The van der Waals surface area contributed by atoms with Crippen LogP contribution in [0.25, 0.3) is 26.8 Å². The molecule has 29 heavy (non-hydrogen) atoms. The highest BCUT2D eigenvalue weighted by Gasteiger charge is 2.16. The molecular weight excluding hydrogens is 402 g/mol. The Kier molecular flexibility index (Phi) is 4.66. The molecule has 0 saturated carbocycles. The fourth-order valence-corrected chi connectivity index (χ4v) is 4.45. The van der Waals surface area contributed by atoms with Gasteiger partial charge in [-0.1, -0.05) is 18.2 Å². The monoisotopic (exact) mass is 419 g/mol. The molecule has 0 aliphatic carbocycles. The quantitative estimate of drug-likeness (QED) is 0.454. The number of aryl methyl sites for hydroxylation is 2. The predicted molar refractivity (Wildman–Crippen MR) is 120 cm³/mol. The van der Waals surface area contributed by atoms with Gasteiger partial charge in [0.1, 0.15) is 10.3 Å². The summed E-state index contributed by atoms with van der Waals surface area (Å²) in [6, 6.07) is 5.94. The zero-order valence-corrected chi connectivity index (χ0v) is 17.1. The Hall–Kier alpha value is -2.96. The average Bonchev–Trinajstić information content (AvgIpc) is 3.35. The summed E-state index contributed by atoms with van der Waals surface area (Å²) < 4.78 is 0. The van der Waals surface area contributed by atoms with Gasteiger partial charge in [0, 0.05) is 39.6 Å². The second-order valence-electron chi connectivity index (χ2n) is 6.92. The zero-order chi connectivity index (χ0) is 19.8. The minimum Gasteiger partial charge on any atom is -0.362 e. The number of nitrogens with one attached hydrogen (secondary N) is 2. The van der Waals surface area contributed by atoms with Crippen molar-refractivity contribution in [1.29, 1.82) is 0 Å². The highest BCUT2D eigenvalue weighted by molar-refractivity contribution is 7.16. The molecule has 1 aromatic carbocycles. The number of benzene rings is 1. The molecule has 7 heteroatoms. The van der Waals surface area contributed by atoms with Gasteiger partial charge in [-0.2, -0.15) is 0 Å². The molecule has 0 spiro atoms. The molecular formula is C22H18ClN5S. The Morgan fingerprint density at radius 3 is 3.00 bits per heavy atom. The lowest BCUT2D eigenvalue weighted by molar-refractivity contribution is 0.802. The zero-order valence-electron chi connectivity index (χ0n) is 15.6. The van der Waals surface area contributed by atoms with Crippen LogP contribution in [0.15, 0.2) is 60.5 Å². The first kappa shape index (κ1) is 18.1. The molecule has 4 heterocycles. The fraction of sp³-hybridized carbons (Fsp3) is 0.136. The molecule has 0 unspecified atom stereocenters. The summed E-state index contributed by atoms with van der Waals surface area (Å²) in [5.41, 5.74) is 7.80. The second kappa shape index (κ2) is 7.46. The van der Waals surface area contributed by atoms with Gasteiger partial charge < -0.3 is 10.3 Å². The van der Waals surface area contributed by atoms with Crippen LogP contribution in [0, 0.1) is 0 Å². The molecule has 3 aromatic heterocycles. The standard InChI is InChI=1S/C22H18ClN5S/c1-13-16(5-3-9-24-13)21-27-19(20-22(28-21)29-12-26-20)6-2-4-14-11-25-18-8-7-15(23)10-17(14)18/h3,5,7-12,24-25H,1-2,4,6H2. The number of fused-ring (bicyclic) bond motifs is 2. The third-order valence-corrected chi connectivity index (χ3v) is 6.00. The Morgan fingerprint density at radius 2 is 2.10 bits per heavy atom. The van der Waals surface area contributed by atoms with Crippen molar-refractivity contribution in [1.82, 2.24) is 25.3 Å². The first-order valence-electron chi connectivity index (χ1n) is 9.38. The summed E-state index contributed by atoms with van der Waals surface area (Å²) in [5, 5.41) is 5.06. The number of thiazole rings is 1. The number of allylic oxidation sites excluding steroid dienone is 3. The molecule has 1 aliphatic heterocycles. The van der Waals surface area contributed by atoms with E-state index in [4.69, 9.17) is 21.6 Å². The minimum absolute atomic E-state index is 0.692. The number of halogens is 1. The van der Waals surface area contributed by atoms with Crippen molar-refractivity contribution in [2.45, 2.75) is 19.3 Å². The molecule has 5 rings (SSSR count). The van der Waals surface area contributed by atoms with Crippen molar-refractivity contribution in [3.8, 4) is 0 Å². The molecule has 0 radical (unpaired) electrons. The number of hydrogen-bond acceptors (Lipinski definition) is 5. The van der Waals surface area contributed by atoms with Crippen molar-refractivity contribution in [3.05, 3.63) is 82.6 Å². The van der Waals surface area contributed by atoms with Crippen LogP contribution in [0.2, 0.25) is 5.02 Å². The van der Waals surface area contributed by atoms with Gasteiger partial charge in [-0.25, -0.2) is 15.0 Å². The SMILES string of the molecule is C=C1NC=CC=C1c1nc(CCCc2c[nH]c3ccc(Cl)cc23)c2ncsc2n1. The topological polar surface area (TPSA) is 66.5 Å². The fourth-order valence-electron chi connectivity index (χ4n) is 3.60. The van der Waals surface area contributed by atoms with E-state index in [1.54, 1.807) is 0 Å². The Balaban J connectivity index is 1.42. The molecule has 0 amide bonds. The van der Waals surface area contributed by atoms with Gasteiger partial charge in [-0.15, -0.1) is 11.3 Å². The van der Waals surface area contributed by atoms with Crippen molar-refractivity contribution < 1.29 is 0 Å². The van der Waals surface area contributed by atoms with E-state index in [-0.39, 0.29) is 0 Å². The van der Waals surface area contributed by atoms with Gasteiger partial charge in [0.05, 0.1) is 11.2 Å². The largest absolute Gasteiger partial charge is 0.362 e. The van der Waals surface area contributed by atoms with Gasteiger partial charge in [0.15, 0.2) is 5.82 Å². The number of dihydropyridines is 1. The molecule has 0 fully saturated rings.